The van der Waals surface area contributed by atoms with Crippen molar-refractivity contribution in [2.45, 2.75) is 6.92 Å². The average molecular weight is 290 g/mol. The van der Waals surface area contributed by atoms with Crippen LogP contribution in [0.2, 0.25) is 0 Å². The fraction of sp³-hybridized carbons (Fsp3) is 0.357. The molecule has 0 unspecified atom stereocenters. The molecule has 0 spiro atoms. The van der Waals surface area contributed by atoms with Crippen molar-refractivity contribution < 1.29 is 14.3 Å². The quantitative estimate of drug-likeness (QED) is 0.262. The van der Waals surface area contributed by atoms with Crippen molar-refractivity contribution in [3.05, 3.63) is 40.3 Å². The molecule has 0 aromatic heterocycles. The molecule has 7 nitrogen and oxygen atoms in total. The molecule has 1 aromatic carbocycles. The van der Waals surface area contributed by atoms with E-state index < -0.39 is 0 Å². The number of azide groups is 1. The Hall–Kier alpha value is -2.66. The predicted octanol–water partition coefficient (Wildman–Crippen LogP) is 2.53. The summed E-state index contributed by atoms with van der Waals surface area (Å²) in [7, 11) is 1.56. The van der Waals surface area contributed by atoms with Gasteiger partial charge in [-0.3, -0.25) is 4.79 Å². The van der Waals surface area contributed by atoms with Crippen LogP contribution in [0.25, 0.3) is 16.5 Å². The molecule has 0 radical (unpaired) electrons. The van der Waals surface area contributed by atoms with E-state index in [2.05, 4.69) is 15.3 Å². The molecule has 1 aromatic rings. The van der Waals surface area contributed by atoms with Gasteiger partial charge in [-0.05, 0) is 36.2 Å². The van der Waals surface area contributed by atoms with E-state index in [1.54, 1.807) is 25.3 Å². The number of hydrogen-bond acceptors (Lipinski definition) is 4. The highest BCUT2D eigenvalue weighted by molar-refractivity contribution is 5.91. The van der Waals surface area contributed by atoms with Crippen LogP contribution in [0.4, 0.5) is 0 Å². The van der Waals surface area contributed by atoms with Crippen LogP contribution >= 0.6 is 0 Å². The maximum atomic E-state index is 11.5. The lowest BCUT2D eigenvalue weighted by Crippen LogP contribution is -2.23. The number of benzene rings is 1. The van der Waals surface area contributed by atoms with Crippen molar-refractivity contribution >= 4 is 12.0 Å². The largest absolute Gasteiger partial charge is 0.493 e. The number of methoxy groups -OCH3 is 1. The van der Waals surface area contributed by atoms with Crippen molar-refractivity contribution in [2.24, 2.45) is 5.11 Å². The molecule has 1 N–H and O–H groups in total. The van der Waals surface area contributed by atoms with Gasteiger partial charge >= 0.3 is 0 Å². The maximum Gasteiger partial charge on any atom is 0.243 e. The number of hydrogen-bond donors (Lipinski definition) is 1. The van der Waals surface area contributed by atoms with Crippen LogP contribution in [0.3, 0.4) is 0 Å². The van der Waals surface area contributed by atoms with Gasteiger partial charge in [0.15, 0.2) is 11.5 Å². The minimum absolute atomic E-state index is 0.229. The highest BCUT2D eigenvalue weighted by atomic mass is 16.5. The molecule has 21 heavy (non-hydrogen) atoms. The van der Waals surface area contributed by atoms with Gasteiger partial charge in [-0.15, -0.1) is 0 Å². The molecular weight excluding hydrogens is 272 g/mol. The molecule has 0 atom stereocenters. The van der Waals surface area contributed by atoms with E-state index in [9.17, 15) is 4.79 Å². The van der Waals surface area contributed by atoms with Crippen LogP contribution in [0, 0.1) is 0 Å². The third kappa shape index (κ3) is 5.88. The Bertz CT molecular complexity index is 551. The molecule has 1 rings (SSSR count). The van der Waals surface area contributed by atoms with E-state index in [1.165, 1.54) is 6.08 Å². The first kappa shape index (κ1) is 16.4. The fourth-order valence-corrected chi connectivity index (χ4v) is 1.57. The second-order valence-corrected chi connectivity index (χ2v) is 3.92. The molecule has 1 amide bonds. The van der Waals surface area contributed by atoms with Crippen molar-refractivity contribution in [1.29, 1.82) is 0 Å². The monoisotopic (exact) mass is 290 g/mol. The Morgan fingerprint density at radius 2 is 2.29 bits per heavy atom. The first-order valence-electron chi connectivity index (χ1n) is 6.48. The first-order valence-corrected chi connectivity index (χ1v) is 6.48. The molecule has 112 valence electrons. The highest BCUT2D eigenvalue weighted by Crippen LogP contribution is 2.28. The van der Waals surface area contributed by atoms with Gasteiger partial charge in [0, 0.05) is 24.1 Å². The van der Waals surface area contributed by atoms with E-state index in [1.807, 2.05) is 13.0 Å². The third-order valence-corrected chi connectivity index (χ3v) is 2.49. The topological polar surface area (TPSA) is 96.3 Å². The second-order valence-electron chi connectivity index (χ2n) is 3.92. The fourth-order valence-electron chi connectivity index (χ4n) is 1.57. The average Bonchev–Trinajstić information content (AvgIpc) is 2.50. The Labute approximate surface area is 123 Å². The van der Waals surface area contributed by atoms with E-state index in [-0.39, 0.29) is 12.5 Å². The van der Waals surface area contributed by atoms with Crippen LogP contribution in [0.5, 0.6) is 11.5 Å². The molecule has 7 heteroatoms. The smallest absolute Gasteiger partial charge is 0.243 e. The van der Waals surface area contributed by atoms with Gasteiger partial charge in [0.1, 0.15) is 0 Å². The lowest BCUT2D eigenvalue weighted by molar-refractivity contribution is -0.116. The zero-order valence-electron chi connectivity index (χ0n) is 12.1. The minimum atomic E-state index is -0.254. The van der Waals surface area contributed by atoms with Gasteiger partial charge in [0.05, 0.1) is 13.7 Å². The summed E-state index contributed by atoms with van der Waals surface area (Å²) >= 11 is 0. The highest BCUT2D eigenvalue weighted by Gasteiger charge is 2.04. The van der Waals surface area contributed by atoms with Crippen LogP contribution in [-0.2, 0) is 4.79 Å². The molecule has 0 aliphatic carbocycles. The molecule has 0 saturated heterocycles. The number of ether oxygens (including phenoxy) is 2. The summed E-state index contributed by atoms with van der Waals surface area (Å²) in [6.45, 7) is 2.99. The zero-order valence-corrected chi connectivity index (χ0v) is 12.1. The summed E-state index contributed by atoms with van der Waals surface area (Å²) < 4.78 is 10.6. The van der Waals surface area contributed by atoms with Gasteiger partial charge in [-0.2, -0.15) is 0 Å². The van der Waals surface area contributed by atoms with E-state index in [0.29, 0.717) is 24.7 Å². The predicted molar refractivity (Wildman–Crippen MR) is 80.2 cm³/mol. The number of rotatable bonds is 8. The molecule has 0 fully saturated rings. The Morgan fingerprint density at radius 3 is 2.95 bits per heavy atom. The van der Waals surface area contributed by atoms with Crippen LogP contribution in [0.15, 0.2) is 29.4 Å². The Kier molecular flexibility index (Phi) is 7.24. The normalized spacial score (nSPS) is 10.0. The number of amides is 1. The van der Waals surface area contributed by atoms with Gasteiger partial charge in [0.25, 0.3) is 0 Å². The van der Waals surface area contributed by atoms with Gasteiger partial charge in [-0.1, -0.05) is 11.2 Å². The third-order valence-electron chi connectivity index (χ3n) is 2.49. The van der Waals surface area contributed by atoms with E-state index >= 15 is 0 Å². The molecule has 0 aliphatic heterocycles. The molecular formula is C14H18N4O3. The summed E-state index contributed by atoms with van der Waals surface area (Å²) in [6, 6.07) is 5.41. The Morgan fingerprint density at radius 1 is 1.48 bits per heavy atom. The lowest BCUT2D eigenvalue weighted by atomic mass is 10.2. The van der Waals surface area contributed by atoms with E-state index in [0.717, 1.165) is 5.56 Å². The van der Waals surface area contributed by atoms with Crippen molar-refractivity contribution in [3.8, 4) is 11.5 Å². The lowest BCUT2D eigenvalue weighted by Gasteiger charge is -2.09. The minimum Gasteiger partial charge on any atom is -0.493 e. The summed E-state index contributed by atoms with van der Waals surface area (Å²) in [5.41, 5.74) is 8.92. The van der Waals surface area contributed by atoms with Gasteiger partial charge in [-0.25, -0.2) is 0 Å². The number of nitrogens with zero attached hydrogens (tertiary/aromatic N) is 3. The summed E-state index contributed by atoms with van der Waals surface area (Å²) in [5.74, 6) is 1.02. The summed E-state index contributed by atoms with van der Waals surface area (Å²) in [5, 5.41) is 5.92. The summed E-state index contributed by atoms with van der Waals surface area (Å²) in [4.78, 5) is 14.1. The molecule has 0 aliphatic rings. The molecule has 0 saturated carbocycles. The van der Waals surface area contributed by atoms with E-state index in [4.69, 9.17) is 15.0 Å². The second kappa shape index (κ2) is 9.28. The SMILES string of the molecule is CCOc1ccc(/C=C/C(=O)NCCN=[N+]=[N-])cc1OC. The van der Waals surface area contributed by atoms with Crippen LogP contribution < -0.4 is 14.8 Å². The van der Waals surface area contributed by atoms with Crippen molar-refractivity contribution in [1.82, 2.24) is 5.32 Å². The van der Waals surface area contributed by atoms with Gasteiger partial charge < -0.3 is 14.8 Å². The van der Waals surface area contributed by atoms with Crippen LogP contribution in [0.1, 0.15) is 12.5 Å². The van der Waals surface area contributed by atoms with Gasteiger partial charge in [0.2, 0.25) is 5.91 Å². The Balaban J connectivity index is 2.63. The molecule has 0 heterocycles. The van der Waals surface area contributed by atoms with Crippen molar-refractivity contribution in [3.63, 3.8) is 0 Å². The number of carbonyl (C=O) groups is 1. The standard InChI is InChI=1S/C14H18N4O3/c1-3-21-12-6-4-11(10-13(12)20-2)5-7-14(19)16-8-9-17-18-15/h4-7,10H,3,8-9H2,1-2H3,(H,16,19)/b7-5+. The van der Waals surface area contributed by atoms with Crippen molar-refractivity contribution in [2.75, 3.05) is 26.8 Å². The number of carbonyl (C=O) groups excluding carboxylic acids is 1. The number of nitrogens with one attached hydrogen (secondary N) is 1. The maximum absolute atomic E-state index is 11.5. The summed E-state index contributed by atoms with van der Waals surface area (Å²) in [6.07, 6.45) is 3.08. The molecule has 0 bridgehead atoms. The first-order chi connectivity index (χ1) is 10.2. The van der Waals surface area contributed by atoms with Crippen LogP contribution in [-0.4, -0.2) is 32.7 Å². The zero-order chi connectivity index (χ0) is 15.5.